The summed E-state index contributed by atoms with van der Waals surface area (Å²) < 4.78 is 21.0. The monoisotopic (exact) mass is 223 g/mol. The normalized spacial score (nSPS) is 11.3. The molecule has 14 heavy (non-hydrogen) atoms. The third-order valence-corrected chi connectivity index (χ3v) is 2.31. The van der Waals surface area contributed by atoms with Crippen molar-refractivity contribution in [2.24, 2.45) is 5.14 Å². The topological polar surface area (TPSA) is 101 Å². The van der Waals surface area contributed by atoms with E-state index >= 15 is 0 Å². The predicted octanol–water partition coefficient (Wildman–Crippen LogP) is -1.61. The molecular weight excluding hydrogens is 206 g/mol. The van der Waals surface area contributed by atoms with Crippen LogP contribution in [0.5, 0.6) is 0 Å². The van der Waals surface area contributed by atoms with Gasteiger partial charge in [0.1, 0.15) is 0 Å². The maximum atomic E-state index is 11.0. The minimum absolute atomic E-state index is 0.0806. The summed E-state index contributed by atoms with van der Waals surface area (Å²) in [5.74, 6) is -0.367. The third-order valence-electron chi connectivity index (χ3n) is 1.54. The predicted molar refractivity (Wildman–Crippen MR) is 54.1 cm³/mol. The van der Waals surface area contributed by atoms with Gasteiger partial charge in [0.2, 0.25) is 15.9 Å². The number of carbonyl (C=O) groups is 1. The molecule has 0 saturated heterocycles. The highest BCUT2D eigenvalue weighted by molar-refractivity contribution is 7.89. The molecule has 0 aliphatic carbocycles. The van der Waals surface area contributed by atoms with Crippen LogP contribution in [0.15, 0.2) is 0 Å². The van der Waals surface area contributed by atoms with Crippen LogP contribution in [0.4, 0.5) is 0 Å². The molecule has 0 heterocycles. The summed E-state index contributed by atoms with van der Waals surface area (Å²) in [5, 5.41) is 10.1. The summed E-state index contributed by atoms with van der Waals surface area (Å²) in [6, 6.07) is 0. The summed E-state index contributed by atoms with van der Waals surface area (Å²) in [6.45, 7) is 0.847. The van der Waals surface area contributed by atoms with Crippen LogP contribution in [-0.2, 0) is 14.8 Å². The molecule has 0 aliphatic rings. The molecule has 0 aromatic heterocycles. The Morgan fingerprint density at radius 1 is 1.36 bits per heavy atom. The minimum Gasteiger partial charge on any atom is -0.355 e. The molecule has 0 unspecified atom stereocenters. The van der Waals surface area contributed by atoms with Crippen LogP contribution in [0, 0.1) is 0 Å². The Labute approximate surface area is 84.3 Å². The van der Waals surface area contributed by atoms with Crippen LogP contribution in [-0.4, -0.2) is 40.2 Å². The molecule has 0 bridgehead atoms. The van der Waals surface area contributed by atoms with Gasteiger partial charge in [0.25, 0.3) is 0 Å². The Morgan fingerprint density at radius 3 is 2.50 bits per heavy atom. The fraction of sp³-hybridized carbons (Fsp3) is 0.857. The molecule has 0 radical (unpaired) electrons. The molecule has 7 heteroatoms. The number of rotatable bonds is 7. The number of hydrogen-bond acceptors (Lipinski definition) is 4. The van der Waals surface area contributed by atoms with Crippen molar-refractivity contribution in [1.29, 1.82) is 0 Å². The molecule has 0 aromatic carbocycles. The zero-order valence-corrected chi connectivity index (χ0v) is 9.06. The first kappa shape index (κ1) is 13.3. The summed E-state index contributed by atoms with van der Waals surface area (Å²) in [6.07, 6.45) is 1.13. The average molecular weight is 223 g/mol. The van der Waals surface area contributed by atoms with Gasteiger partial charge in [-0.25, -0.2) is 13.6 Å². The Balaban J connectivity index is 3.45. The van der Waals surface area contributed by atoms with Gasteiger partial charge in [-0.05, 0) is 20.0 Å². The van der Waals surface area contributed by atoms with Crippen molar-refractivity contribution in [3.8, 4) is 0 Å². The maximum absolute atomic E-state index is 11.0. The highest BCUT2D eigenvalue weighted by atomic mass is 32.2. The first-order chi connectivity index (χ1) is 6.45. The first-order valence-corrected chi connectivity index (χ1v) is 6.09. The largest absolute Gasteiger partial charge is 0.355 e. The Hall–Kier alpha value is -0.660. The fourth-order valence-electron chi connectivity index (χ4n) is 0.847. The van der Waals surface area contributed by atoms with E-state index in [2.05, 4.69) is 10.6 Å². The van der Waals surface area contributed by atoms with Crippen molar-refractivity contribution in [2.45, 2.75) is 12.8 Å². The van der Waals surface area contributed by atoms with E-state index in [-0.39, 0.29) is 18.2 Å². The molecule has 0 saturated carbocycles. The van der Waals surface area contributed by atoms with E-state index in [4.69, 9.17) is 5.14 Å². The number of nitrogens with one attached hydrogen (secondary N) is 2. The first-order valence-electron chi connectivity index (χ1n) is 4.37. The smallest absolute Gasteiger partial charge is 0.220 e. The van der Waals surface area contributed by atoms with E-state index in [9.17, 15) is 13.2 Å². The van der Waals surface area contributed by atoms with Crippen LogP contribution < -0.4 is 15.8 Å². The molecule has 1 amide bonds. The van der Waals surface area contributed by atoms with Crippen LogP contribution in [0.3, 0.4) is 0 Å². The van der Waals surface area contributed by atoms with Gasteiger partial charge in [0, 0.05) is 13.0 Å². The maximum Gasteiger partial charge on any atom is 0.220 e. The van der Waals surface area contributed by atoms with Gasteiger partial charge in [-0.3, -0.25) is 4.79 Å². The van der Waals surface area contributed by atoms with Crippen molar-refractivity contribution >= 4 is 15.9 Å². The summed E-state index contributed by atoms with van der Waals surface area (Å²) in [4.78, 5) is 11.0. The molecule has 0 spiro atoms. The second-order valence-electron chi connectivity index (χ2n) is 2.92. The molecule has 0 rings (SSSR count). The van der Waals surface area contributed by atoms with Gasteiger partial charge in [0.15, 0.2) is 0 Å². The molecule has 0 aromatic rings. The number of sulfonamides is 1. The average Bonchev–Trinajstić information content (AvgIpc) is 2.02. The Kier molecular flexibility index (Phi) is 6.43. The quantitative estimate of drug-likeness (QED) is 0.452. The van der Waals surface area contributed by atoms with Crippen LogP contribution in [0.25, 0.3) is 0 Å². The van der Waals surface area contributed by atoms with Gasteiger partial charge in [-0.2, -0.15) is 0 Å². The van der Waals surface area contributed by atoms with E-state index in [1.54, 1.807) is 7.05 Å². The lowest BCUT2D eigenvalue weighted by atomic mass is 10.3. The molecule has 0 atom stereocenters. The van der Waals surface area contributed by atoms with E-state index in [1.807, 2.05) is 0 Å². The number of nitrogens with two attached hydrogens (primary N) is 1. The minimum atomic E-state index is -3.47. The molecule has 84 valence electrons. The Bertz CT molecular complexity index is 263. The number of carbonyl (C=O) groups excluding carboxylic acids is 1. The van der Waals surface area contributed by atoms with Crippen molar-refractivity contribution in [2.75, 3.05) is 25.9 Å². The third kappa shape index (κ3) is 9.43. The SMILES string of the molecule is CNCCCC(=O)NCCS(N)(=O)=O. The molecule has 0 fully saturated rings. The van der Waals surface area contributed by atoms with E-state index in [0.717, 1.165) is 13.0 Å². The van der Waals surface area contributed by atoms with Crippen molar-refractivity contribution < 1.29 is 13.2 Å². The highest BCUT2D eigenvalue weighted by Crippen LogP contribution is 1.86. The van der Waals surface area contributed by atoms with Crippen molar-refractivity contribution in [3.05, 3.63) is 0 Å². The zero-order valence-electron chi connectivity index (χ0n) is 8.25. The molecule has 6 nitrogen and oxygen atoms in total. The van der Waals surface area contributed by atoms with Gasteiger partial charge in [-0.15, -0.1) is 0 Å². The van der Waals surface area contributed by atoms with E-state index < -0.39 is 10.0 Å². The van der Waals surface area contributed by atoms with Crippen molar-refractivity contribution in [3.63, 3.8) is 0 Å². The second-order valence-corrected chi connectivity index (χ2v) is 4.66. The Morgan fingerprint density at radius 2 is 2.00 bits per heavy atom. The molecular formula is C7H17N3O3S. The number of primary sulfonamides is 1. The summed E-state index contributed by atoms with van der Waals surface area (Å²) >= 11 is 0. The second kappa shape index (κ2) is 6.74. The van der Waals surface area contributed by atoms with Gasteiger partial charge < -0.3 is 10.6 Å². The molecule has 0 aliphatic heterocycles. The van der Waals surface area contributed by atoms with Gasteiger partial charge in [0.05, 0.1) is 5.75 Å². The summed E-state index contributed by atoms with van der Waals surface area (Å²) in [7, 11) is -1.67. The lowest BCUT2D eigenvalue weighted by Gasteiger charge is -2.03. The van der Waals surface area contributed by atoms with Gasteiger partial charge >= 0.3 is 0 Å². The van der Waals surface area contributed by atoms with E-state index in [0.29, 0.717) is 6.42 Å². The standard InChI is InChI=1S/C7H17N3O3S/c1-9-4-2-3-7(11)10-5-6-14(8,12)13/h9H,2-6H2,1H3,(H,10,11)(H2,8,12,13). The number of hydrogen-bond donors (Lipinski definition) is 3. The van der Waals surface area contributed by atoms with Crippen LogP contribution in [0.1, 0.15) is 12.8 Å². The van der Waals surface area contributed by atoms with Crippen molar-refractivity contribution in [1.82, 2.24) is 10.6 Å². The summed E-state index contributed by atoms with van der Waals surface area (Å²) in [5.41, 5.74) is 0. The lowest BCUT2D eigenvalue weighted by Crippen LogP contribution is -2.31. The zero-order chi connectivity index (χ0) is 11.0. The van der Waals surface area contributed by atoms with E-state index in [1.165, 1.54) is 0 Å². The lowest BCUT2D eigenvalue weighted by molar-refractivity contribution is -0.121. The van der Waals surface area contributed by atoms with Crippen LogP contribution in [0.2, 0.25) is 0 Å². The fourth-order valence-corrected chi connectivity index (χ4v) is 1.23. The van der Waals surface area contributed by atoms with Gasteiger partial charge in [-0.1, -0.05) is 0 Å². The molecule has 4 N–H and O–H groups in total. The highest BCUT2D eigenvalue weighted by Gasteiger charge is 2.04. The number of amides is 1. The van der Waals surface area contributed by atoms with Crippen LogP contribution >= 0.6 is 0 Å².